The summed E-state index contributed by atoms with van der Waals surface area (Å²) in [6.45, 7) is 0.603. The molecule has 0 amide bonds. The van der Waals surface area contributed by atoms with Gasteiger partial charge in [-0.1, -0.05) is 24.3 Å². The first-order chi connectivity index (χ1) is 11.5. The van der Waals surface area contributed by atoms with Gasteiger partial charge in [0.15, 0.2) is 0 Å². The van der Waals surface area contributed by atoms with Gasteiger partial charge in [0.25, 0.3) is 10.0 Å². The van der Waals surface area contributed by atoms with Crippen molar-refractivity contribution >= 4 is 32.3 Å². The van der Waals surface area contributed by atoms with Gasteiger partial charge in [-0.15, -0.1) is 0 Å². The number of nitrogens with zero attached hydrogens (tertiary/aromatic N) is 1. The number of sulfonamides is 1. The number of para-hydroxylation sites is 1. The van der Waals surface area contributed by atoms with Crippen LogP contribution in [-0.4, -0.2) is 20.4 Å². The molecule has 1 aromatic heterocycles. The SMILES string of the molecule is CNCc1ccc2cccc(NS(=O)(=O)c3cccc(N)c3)c2n1. The molecule has 0 bridgehead atoms. The van der Waals surface area contributed by atoms with Crippen molar-refractivity contribution in [3.05, 3.63) is 60.3 Å². The number of rotatable bonds is 5. The second kappa shape index (κ2) is 6.46. The Balaban J connectivity index is 2.04. The fraction of sp³-hybridized carbons (Fsp3) is 0.118. The van der Waals surface area contributed by atoms with Gasteiger partial charge in [-0.3, -0.25) is 4.72 Å². The normalized spacial score (nSPS) is 11.5. The quantitative estimate of drug-likeness (QED) is 0.618. The maximum absolute atomic E-state index is 12.6. The van der Waals surface area contributed by atoms with Crippen LogP contribution in [0.25, 0.3) is 10.9 Å². The Bertz CT molecular complexity index is 987. The monoisotopic (exact) mass is 342 g/mol. The highest BCUT2D eigenvalue weighted by atomic mass is 32.2. The summed E-state index contributed by atoms with van der Waals surface area (Å²) in [5.41, 5.74) is 7.96. The second-order valence-electron chi connectivity index (χ2n) is 5.39. The first-order valence-corrected chi connectivity index (χ1v) is 8.89. The number of fused-ring (bicyclic) bond motifs is 1. The molecule has 0 aliphatic carbocycles. The third kappa shape index (κ3) is 3.32. The summed E-state index contributed by atoms with van der Waals surface area (Å²) in [6.07, 6.45) is 0. The van der Waals surface area contributed by atoms with Crippen LogP contribution in [0.5, 0.6) is 0 Å². The van der Waals surface area contributed by atoms with E-state index in [1.165, 1.54) is 12.1 Å². The standard InChI is InChI=1S/C17H18N4O2S/c1-19-11-14-9-8-12-4-2-7-16(17(12)20-14)21-24(22,23)15-6-3-5-13(18)10-15/h2-10,19,21H,11,18H2,1H3. The average Bonchev–Trinajstić information content (AvgIpc) is 2.55. The summed E-state index contributed by atoms with van der Waals surface area (Å²) in [6, 6.07) is 15.4. The minimum Gasteiger partial charge on any atom is -0.399 e. The van der Waals surface area contributed by atoms with E-state index in [4.69, 9.17) is 5.73 Å². The van der Waals surface area contributed by atoms with Crippen LogP contribution < -0.4 is 15.8 Å². The Morgan fingerprint density at radius 2 is 1.88 bits per heavy atom. The van der Waals surface area contributed by atoms with Crippen LogP contribution in [0.1, 0.15) is 5.69 Å². The minimum atomic E-state index is -3.74. The molecule has 0 radical (unpaired) electrons. The molecule has 0 aliphatic rings. The van der Waals surface area contributed by atoms with Gasteiger partial charge in [-0.05, 0) is 37.4 Å². The lowest BCUT2D eigenvalue weighted by atomic mass is 10.2. The molecule has 3 rings (SSSR count). The maximum Gasteiger partial charge on any atom is 0.262 e. The largest absolute Gasteiger partial charge is 0.399 e. The van der Waals surface area contributed by atoms with Crippen LogP contribution >= 0.6 is 0 Å². The van der Waals surface area contributed by atoms with Gasteiger partial charge in [0.05, 0.1) is 21.8 Å². The maximum atomic E-state index is 12.6. The lowest BCUT2D eigenvalue weighted by Crippen LogP contribution is -2.14. The first kappa shape index (κ1) is 16.2. The molecule has 0 aliphatic heterocycles. The molecule has 0 unspecified atom stereocenters. The van der Waals surface area contributed by atoms with Crippen molar-refractivity contribution in [2.45, 2.75) is 11.4 Å². The number of anilines is 2. The summed E-state index contributed by atoms with van der Waals surface area (Å²) in [5, 5.41) is 3.90. The zero-order chi connectivity index (χ0) is 17.2. The van der Waals surface area contributed by atoms with E-state index >= 15 is 0 Å². The molecule has 0 spiro atoms. The van der Waals surface area contributed by atoms with Crippen LogP contribution in [0.15, 0.2) is 59.5 Å². The minimum absolute atomic E-state index is 0.117. The van der Waals surface area contributed by atoms with E-state index in [0.717, 1.165) is 11.1 Å². The Morgan fingerprint density at radius 1 is 1.08 bits per heavy atom. The van der Waals surface area contributed by atoms with E-state index < -0.39 is 10.0 Å². The molecule has 4 N–H and O–H groups in total. The van der Waals surface area contributed by atoms with E-state index in [1.54, 1.807) is 24.3 Å². The topological polar surface area (TPSA) is 97.1 Å². The van der Waals surface area contributed by atoms with Gasteiger partial charge < -0.3 is 11.1 Å². The highest BCUT2D eigenvalue weighted by Crippen LogP contribution is 2.25. The lowest BCUT2D eigenvalue weighted by Gasteiger charge is -2.11. The molecular formula is C17H18N4O2S. The van der Waals surface area contributed by atoms with E-state index in [1.807, 2.05) is 25.2 Å². The Labute approximate surface area is 140 Å². The average molecular weight is 342 g/mol. The first-order valence-electron chi connectivity index (χ1n) is 7.41. The summed E-state index contributed by atoms with van der Waals surface area (Å²) in [4.78, 5) is 4.66. The van der Waals surface area contributed by atoms with E-state index in [0.29, 0.717) is 23.4 Å². The van der Waals surface area contributed by atoms with Gasteiger partial charge in [0.2, 0.25) is 0 Å². The van der Waals surface area contributed by atoms with Crippen molar-refractivity contribution in [2.24, 2.45) is 0 Å². The summed E-state index contributed by atoms with van der Waals surface area (Å²) >= 11 is 0. The number of hydrogen-bond donors (Lipinski definition) is 3. The molecule has 0 atom stereocenters. The van der Waals surface area contributed by atoms with Crippen molar-refractivity contribution in [3.63, 3.8) is 0 Å². The van der Waals surface area contributed by atoms with Gasteiger partial charge in [-0.25, -0.2) is 13.4 Å². The van der Waals surface area contributed by atoms with Crippen LogP contribution in [0.3, 0.4) is 0 Å². The molecule has 1 heterocycles. The predicted molar refractivity (Wildman–Crippen MR) is 96.2 cm³/mol. The summed E-state index contributed by atoms with van der Waals surface area (Å²) in [7, 11) is -1.90. The van der Waals surface area contributed by atoms with Crippen molar-refractivity contribution in [3.8, 4) is 0 Å². The number of benzene rings is 2. The fourth-order valence-electron chi connectivity index (χ4n) is 2.43. The fourth-order valence-corrected chi connectivity index (χ4v) is 3.56. The number of pyridine rings is 1. The third-order valence-electron chi connectivity index (χ3n) is 3.55. The smallest absolute Gasteiger partial charge is 0.262 e. The van der Waals surface area contributed by atoms with E-state index in [-0.39, 0.29) is 4.90 Å². The second-order valence-corrected chi connectivity index (χ2v) is 7.07. The number of hydrogen-bond acceptors (Lipinski definition) is 5. The molecule has 0 saturated carbocycles. The third-order valence-corrected chi connectivity index (χ3v) is 4.91. The molecule has 24 heavy (non-hydrogen) atoms. The van der Waals surface area contributed by atoms with Gasteiger partial charge in [0.1, 0.15) is 0 Å². The van der Waals surface area contributed by atoms with E-state index in [9.17, 15) is 8.42 Å². The van der Waals surface area contributed by atoms with Crippen LogP contribution in [0.4, 0.5) is 11.4 Å². The predicted octanol–water partition coefficient (Wildman–Crippen LogP) is 2.34. The summed E-state index contributed by atoms with van der Waals surface area (Å²) in [5.74, 6) is 0. The Morgan fingerprint density at radius 3 is 2.62 bits per heavy atom. The molecule has 0 saturated heterocycles. The van der Waals surface area contributed by atoms with Crippen molar-refractivity contribution in [1.82, 2.24) is 10.3 Å². The van der Waals surface area contributed by atoms with Crippen LogP contribution in [0, 0.1) is 0 Å². The number of aromatic nitrogens is 1. The van der Waals surface area contributed by atoms with Crippen LogP contribution in [-0.2, 0) is 16.6 Å². The summed E-state index contributed by atoms with van der Waals surface area (Å²) < 4.78 is 27.8. The molecule has 2 aromatic carbocycles. The van der Waals surface area contributed by atoms with Crippen molar-refractivity contribution in [2.75, 3.05) is 17.5 Å². The number of nitrogen functional groups attached to an aromatic ring is 1. The van der Waals surface area contributed by atoms with E-state index in [2.05, 4.69) is 15.0 Å². The Hall–Kier alpha value is -2.64. The molecular weight excluding hydrogens is 324 g/mol. The van der Waals surface area contributed by atoms with Gasteiger partial charge in [-0.2, -0.15) is 0 Å². The molecule has 7 heteroatoms. The highest BCUT2D eigenvalue weighted by molar-refractivity contribution is 7.92. The molecule has 6 nitrogen and oxygen atoms in total. The van der Waals surface area contributed by atoms with Crippen LogP contribution in [0.2, 0.25) is 0 Å². The Kier molecular flexibility index (Phi) is 4.37. The van der Waals surface area contributed by atoms with Crippen molar-refractivity contribution < 1.29 is 8.42 Å². The van der Waals surface area contributed by atoms with Gasteiger partial charge >= 0.3 is 0 Å². The number of nitrogens with two attached hydrogens (primary N) is 1. The zero-order valence-electron chi connectivity index (χ0n) is 13.2. The molecule has 124 valence electrons. The lowest BCUT2D eigenvalue weighted by molar-refractivity contribution is 0.601. The highest BCUT2D eigenvalue weighted by Gasteiger charge is 2.16. The molecule has 3 aromatic rings. The molecule has 0 fully saturated rings. The zero-order valence-corrected chi connectivity index (χ0v) is 14.0. The van der Waals surface area contributed by atoms with Crippen molar-refractivity contribution in [1.29, 1.82) is 0 Å². The van der Waals surface area contributed by atoms with Gasteiger partial charge in [0, 0.05) is 17.6 Å². The number of nitrogens with one attached hydrogen (secondary N) is 2.